The zero-order valence-corrected chi connectivity index (χ0v) is 18.4. The average molecular weight is 398 g/mol. The fraction of sp³-hybridized carbons (Fsp3) is 0.682. The van der Waals surface area contributed by atoms with E-state index in [4.69, 9.17) is 14.2 Å². The number of ether oxygens (including phenoxy) is 3. The Bertz CT molecular complexity index is 510. The van der Waals surface area contributed by atoms with Gasteiger partial charge < -0.3 is 24.2 Å². The van der Waals surface area contributed by atoms with Crippen LogP contribution in [0.2, 0.25) is 0 Å². The molecule has 0 fully saturated rings. The van der Waals surface area contributed by atoms with Crippen LogP contribution < -0.4 is 0 Å². The van der Waals surface area contributed by atoms with Gasteiger partial charge in [-0.05, 0) is 34.1 Å². The van der Waals surface area contributed by atoms with Crippen LogP contribution in [-0.2, 0) is 14.2 Å². The highest BCUT2D eigenvalue weighted by molar-refractivity contribution is 5.68. The SMILES string of the molecule is C=CCN(CCCOCC(C)=CC(C)C(O)C(C=C)OC)C(=O)OC(C)(C)C. The van der Waals surface area contributed by atoms with Crippen LogP contribution >= 0.6 is 0 Å². The standard InChI is InChI=1S/C22H39NO5/c1-9-12-23(21(25)28-22(5,6)7)13-11-14-27-16-17(3)15-18(4)20(24)19(10-2)26-8/h9-10,15,18-20,24H,1-2,11-14,16H2,3-8H3. The third-order valence-corrected chi connectivity index (χ3v) is 3.97. The maximum Gasteiger partial charge on any atom is 0.410 e. The van der Waals surface area contributed by atoms with Crippen molar-refractivity contribution >= 4 is 6.09 Å². The molecule has 6 nitrogen and oxygen atoms in total. The fourth-order valence-electron chi connectivity index (χ4n) is 2.60. The maximum atomic E-state index is 12.2. The molecular weight excluding hydrogens is 358 g/mol. The molecule has 0 radical (unpaired) electrons. The quantitative estimate of drug-likeness (QED) is 0.376. The van der Waals surface area contributed by atoms with Crippen molar-refractivity contribution in [1.29, 1.82) is 0 Å². The minimum atomic E-state index is -0.654. The highest BCUT2D eigenvalue weighted by Gasteiger charge is 2.22. The van der Waals surface area contributed by atoms with Crippen LogP contribution in [0.25, 0.3) is 0 Å². The molecule has 3 unspecified atom stereocenters. The second kappa shape index (κ2) is 13.5. The van der Waals surface area contributed by atoms with Crippen molar-refractivity contribution in [3.63, 3.8) is 0 Å². The monoisotopic (exact) mass is 397 g/mol. The van der Waals surface area contributed by atoms with Crippen LogP contribution in [0, 0.1) is 5.92 Å². The van der Waals surface area contributed by atoms with E-state index in [1.165, 1.54) is 0 Å². The van der Waals surface area contributed by atoms with Gasteiger partial charge in [-0.2, -0.15) is 0 Å². The van der Waals surface area contributed by atoms with E-state index in [1.54, 1.807) is 24.2 Å². The van der Waals surface area contributed by atoms with Crippen LogP contribution in [0.1, 0.15) is 41.0 Å². The average Bonchev–Trinajstić information content (AvgIpc) is 2.59. The predicted octanol–water partition coefficient (Wildman–Crippen LogP) is 3.96. The molecule has 0 spiro atoms. The second-order valence-corrected chi connectivity index (χ2v) is 7.92. The van der Waals surface area contributed by atoms with Gasteiger partial charge in [-0.3, -0.25) is 0 Å². The topological polar surface area (TPSA) is 68.2 Å². The van der Waals surface area contributed by atoms with Crippen LogP contribution in [-0.4, -0.2) is 67.3 Å². The van der Waals surface area contributed by atoms with Gasteiger partial charge in [-0.15, -0.1) is 13.2 Å². The molecule has 0 rings (SSSR count). The maximum absolute atomic E-state index is 12.2. The first-order valence-electron chi connectivity index (χ1n) is 9.73. The minimum absolute atomic E-state index is 0.0817. The van der Waals surface area contributed by atoms with Gasteiger partial charge in [-0.1, -0.05) is 30.7 Å². The predicted molar refractivity (Wildman–Crippen MR) is 113 cm³/mol. The van der Waals surface area contributed by atoms with Gasteiger partial charge in [0, 0.05) is 32.7 Å². The number of aliphatic hydroxyl groups is 1. The number of carbonyl (C=O) groups is 1. The largest absolute Gasteiger partial charge is 0.444 e. The highest BCUT2D eigenvalue weighted by Crippen LogP contribution is 2.15. The molecule has 0 bridgehead atoms. The lowest BCUT2D eigenvalue weighted by Crippen LogP contribution is -2.37. The van der Waals surface area contributed by atoms with Gasteiger partial charge in [0.05, 0.1) is 12.7 Å². The Balaban J connectivity index is 4.35. The molecular formula is C22H39NO5. The Labute approximate surface area is 170 Å². The summed E-state index contributed by atoms with van der Waals surface area (Å²) in [5.41, 5.74) is 0.504. The van der Waals surface area contributed by atoms with Gasteiger partial charge in [0.15, 0.2) is 0 Å². The molecule has 0 aromatic carbocycles. The summed E-state index contributed by atoms with van der Waals surface area (Å²) in [5.74, 6) is -0.0817. The zero-order chi connectivity index (χ0) is 21.7. The van der Waals surface area contributed by atoms with Crippen LogP contribution in [0.5, 0.6) is 0 Å². The molecule has 0 aliphatic carbocycles. The molecule has 28 heavy (non-hydrogen) atoms. The normalized spacial score (nSPS) is 15.5. The van der Waals surface area contributed by atoms with E-state index >= 15 is 0 Å². The zero-order valence-electron chi connectivity index (χ0n) is 18.4. The molecule has 3 atom stereocenters. The van der Waals surface area contributed by atoms with Gasteiger partial charge in [0.25, 0.3) is 0 Å². The molecule has 0 aromatic rings. The molecule has 0 heterocycles. The summed E-state index contributed by atoms with van der Waals surface area (Å²) in [4.78, 5) is 13.8. The van der Waals surface area contributed by atoms with E-state index in [1.807, 2.05) is 40.7 Å². The lowest BCUT2D eigenvalue weighted by molar-refractivity contribution is -0.00170. The molecule has 1 N–H and O–H groups in total. The number of carbonyl (C=O) groups excluding carboxylic acids is 1. The lowest BCUT2D eigenvalue weighted by atomic mass is 9.97. The summed E-state index contributed by atoms with van der Waals surface area (Å²) in [6.45, 7) is 18.7. The van der Waals surface area contributed by atoms with E-state index in [-0.39, 0.29) is 12.0 Å². The number of amides is 1. The number of hydrogen-bond donors (Lipinski definition) is 1. The molecule has 6 heteroatoms. The van der Waals surface area contributed by atoms with Gasteiger partial charge in [0.2, 0.25) is 0 Å². The molecule has 0 saturated heterocycles. The first kappa shape index (κ1) is 26.4. The smallest absolute Gasteiger partial charge is 0.410 e. The lowest BCUT2D eigenvalue weighted by Gasteiger charge is -2.26. The molecule has 0 aliphatic heterocycles. The number of nitrogens with zero attached hydrogens (tertiary/aromatic N) is 1. The Kier molecular flexibility index (Phi) is 12.7. The number of rotatable bonds is 13. The summed E-state index contributed by atoms with van der Waals surface area (Å²) in [7, 11) is 1.55. The Hall–Kier alpha value is -1.63. The van der Waals surface area contributed by atoms with E-state index in [2.05, 4.69) is 13.2 Å². The van der Waals surface area contributed by atoms with Crippen molar-refractivity contribution in [3.8, 4) is 0 Å². The summed E-state index contributed by atoms with van der Waals surface area (Å²) >= 11 is 0. The van der Waals surface area contributed by atoms with Crippen LogP contribution in [0.15, 0.2) is 37.0 Å². The van der Waals surface area contributed by atoms with Crippen molar-refractivity contribution in [3.05, 3.63) is 37.0 Å². The summed E-state index contributed by atoms with van der Waals surface area (Å²) in [6.07, 6.45) is 4.55. The third-order valence-electron chi connectivity index (χ3n) is 3.97. The fourth-order valence-corrected chi connectivity index (χ4v) is 2.60. The summed E-state index contributed by atoms with van der Waals surface area (Å²) in [6, 6.07) is 0. The molecule has 162 valence electrons. The van der Waals surface area contributed by atoms with Crippen molar-refractivity contribution in [2.75, 3.05) is 33.4 Å². The Morgan fingerprint density at radius 3 is 2.43 bits per heavy atom. The Morgan fingerprint density at radius 1 is 1.29 bits per heavy atom. The van der Waals surface area contributed by atoms with E-state index in [0.29, 0.717) is 32.7 Å². The van der Waals surface area contributed by atoms with Gasteiger partial charge >= 0.3 is 6.09 Å². The van der Waals surface area contributed by atoms with E-state index in [9.17, 15) is 9.90 Å². The summed E-state index contributed by atoms with van der Waals surface area (Å²) in [5, 5.41) is 10.2. The van der Waals surface area contributed by atoms with Gasteiger partial charge in [-0.25, -0.2) is 4.79 Å². The first-order chi connectivity index (χ1) is 13.1. The molecule has 1 amide bonds. The second-order valence-electron chi connectivity index (χ2n) is 7.92. The minimum Gasteiger partial charge on any atom is -0.444 e. The number of aliphatic hydroxyl groups excluding tert-OH is 1. The van der Waals surface area contributed by atoms with E-state index in [0.717, 1.165) is 5.57 Å². The van der Waals surface area contributed by atoms with Crippen molar-refractivity contribution in [2.24, 2.45) is 5.92 Å². The van der Waals surface area contributed by atoms with Crippen LogP contribution in [0.3, 0.4) is 0 Å². The number of methoxy groups -OCH3 is 1. The van der Waals surface area contributed by atoms with Gasteiger partial charge in [0.1, 0.15) is 11.7 Å². The first-order valence-corrected chi connectivity index (χ1v) is 9.73. The summed E-state index contributed by atoms with van der Waals surface area (Å²) < 4.78 is 16.3. The molecule has 0 saturated carbocycles. The molecule has 0 aromatic heterocycles. The van der Waals surface area contributed by atoms with Crippen molar-refractivity contribution < 1.29 is 24.1 Å². The van der Waals surface area contributed by atoms with Crippen molar-refractivity contribution in [2.45, 2.75) is 58.8 Å². The van der Waals surface area contributed by atoms with Crippen LogP contribution in [0.4, 0.5) is 4.79 Å². The Morgan fingerprint density at radius 2 is 1.93 bits per heavy atom. The van der Waals surface area contributed by atoms with Crippen molar-refractivity contribution in [1.82, 2.24) is 4.90 Å². The number of hydrogen-bond acceptors (Lipinski definition) is 5. The molecule has 0 aliphatic rings. The highest BCUT2D eigenvalue weighted by atomic mass is 16.6. The van der Waals surface area contributed by atoms with E-state index < -0.39 is 17.8 Å². The third kappa shape index (κ3) is 11.3.